The van der Waals surface area contributed by atoms with Crippen molar-refractivity contribution < 1.29 is 0 Å². The lowest BCUT2D eigenvalue weighted by molar-refractivity contribution is 0.371. The van der Waals surface area contributed by atoms with Gasteiger partial charge in [0.1, 0.15) is 0 Å². The second-order valence-electron chi connectivity index (χ2n) is 2.58. The first-order valence-electron chi connectivity index (χ1n) is 3.56. The van der Waals surface area contributed by atoms with Gasteiger partial charge in [0.25, 0.3) is 0 Å². The van der Waals surface area contributed by atoms with Crippen molar-refractivity contribution in [3.63, 3.8) is 0 Å². The third-order valence-electron chi connectivity index (χ3n) is 1.77. The van der Waals surface area contributed by atoms with Crippen molar-refractivity contribution in [2.45, 2.75) is 25.3 Å². The van der Waals surface area contributed by atoms with Gasteiger partial charge in [-0.05, 0) is 57.8 Å². The molecular weight excluding hydrogens is 319 g/mol. The Bertz CT molecular complexity index is 187. The Morgan fingerprint density at radius 2 is 2.27 bits per heavy atom. The number of allylic oxidation sites excluding steroid dienone is 1. The molecule has 0 aromatic rings. The molecule has 1 fully saturated rings. The zero-order valence-electron chi connectivity index (χ0n) is 6.03. The second-order valence-corrected chi connectivity index (χ2v) is 4.53. The van der Waals surface area contributed by atoms with Crippen LogP contribution in [0.25, 0.3) is 0 Å². The molecule has 0 atom stereocenters. The fourth-order valence-electron chi connectivity index (χ4n) is 0.864. The van der Waals surface area contributed by atoms with Gasteiger partial charge in [-0.15, -0.1) is 0 Å². The summed E-state index contributed by atoms with van der Waals surface area (Å²) in [5.74, 6) is 0. The van der Waals surface area contributed by atoms with E-state index in [-0.39, 0.29) is 0 Å². The van der Waals surface area contributed by atoms with Crippen LogP contribution in [0.3, 0.4) is 0 Å². The molecule has 4 heteroatoms. The lowest BCUT2D eigenvalue weighted by atomic mass is 9.93. The predicted molar refractivity (Wildman–Crippen MR) is 59.5 cm³/mol. The monoisotopic (exact) mass is 328 g/mol. The minimum absolute atomic E-state index is 0.633. The standard InChI is InChI=1S/C7H10BrIN2/c8-7(6(9)4-10)11-5-2-1-3-5/h4-5,10-11H,1-3H2/b7-6+,10-4?. The van der Waals surface area contributed by atoms with Gasteiger partial charge < -0.3 is 10.7 Å². The molecule has 0 aliphatic heterocycles. The van der Waals surface area contributed by atoms with Crippen LogP contribution in [0.1, 0.15) is 19.3 Å². The molecule has 1 aliphatic rings. The van der Waals surface area contributed by atoms with Crippen molar-refractivity contribution in [2.24, 2.45) is 0 Å². The highest BCUT2D eigenvalue weighted by atomic mass is 127. The zero-order chi connectivity index (χ0) is 8.27. The third kappa shape index (κ3) is 2.74. The van der Waals surface area contributed by atoms with Crippen LogP contribution in [-0.4, -0.2) is 12.3 Å². The number of nitrogens with one attached hydrogen (secondary N) is 2. The Labute approximate surface area is 88.6 Å². The van der Waals surface area contributed by atoms with Crippen molar-refractivity contribution in [1.29, 1.82) is 5.41 Å². The van der Waals surface area contributed by atoms with E-state index < -0.39 is 0 Å². The van der Waals surface area contributed by atoms with Gasteiger partial charge in [-0.1, -0.05) is 0 Å². The molecule has 2 N–H and O–H groups in total. The largest absolute Gasteiger partial charge is 0.376 e. The van der Waals surface area contributed by atoms with Gasteiger partial charge >= 0.3 is 0 Å². The van der Waals surface area contributed by atoms with Gasteiger partial charge in [0.05, 0.1) is 8.19 Å². The van der Waals surface area contributed by atoms with E-state index in [9.17, 15) is 0 Å². The van der Waals surface area contributed by atoms with Gasteiger partial charge in [-0.2, -0.15) is 0 Å². The first-order chi connectivity index (χ1) is 5.24. The molecule has 0 unspecified atom stereocenters. The average Bonchev–Trinajstić information content (AvgIpc) is 1.94. The van der Waals surface area contributed by atoms with Crippen molar-refractivity contribution in [3.8, 4) is 0 Å². The van der Waals surface area contributed by atoms with Crippen LogP contribution < -0.4 is 5.32 Å². The summed E-state index contributed by atoms with van der Waals surface area (Å²) in [4.78, 5) is 0. The molecule has 11 heavy (non-hydrogen) atoms. The Kier molecular flexibility index (Phi) is 3.84. The molecular formula is C7H10BrIN2. The molecule has 1 aliphatic carbocycles. The maximum atomic E-state index is 7.00. The topological polar surface area (TPSA) is 35.9 Å². The first-order valence-corrected chi connectivity index (χ1v) is 5.43. The summed E-state index contributed by atoms with van der Waals surface area (Å²) >= 11 is 5.52. The molecule has 0 aromatic carbocycles. The summed E-state index contributed by atoms with van der Waals surface area (Å²) in [6.07, 6.45) is 5.20. The van der Waals surface area contributed by atoms with E-state index >= 15 is 0 Å². The second kappa shape index (κ2) is 4.45. The van der Waals surface area contributed by atoms with Crippen molar-refractivity contribution in [3.05, 3.63) is 8.19 Å². The summed E-state index contributed by atoms with van der Waals surface area (Å²) in [5, 5.41) is 10.3. The van der Waals surface area contributed by atoms with E-state index in [1.807, 2.05) is 0 Å². The molecule has 1 saturated carbocycles. The maximum absolute atomic E-state index is 7.00. The van der Waals surface area contributed by atoms with Gasteiger partial charge in [0, 0.05) is 12.3 Å². The molecule has 0 heterocycles. The summed E-state index contributed by atoms with van der Waals surface area (Å²) in [6.45, 7) is 0. The van der Waals surface area contributed by atoms with Crippen LogP contribution in [0.5, 0.6) is 0 Å². The fraction of sp³-hybridized carbons (Fsp3) is 0.571. The van der Waals surface area contributed by atoms with Crippen molar-refractivity contribution >= 4 is 44.7 Å². The summed E-state index contributed by atoms with van der Waals surface area (Å²) in [7, 11) is 0. The van der Waals surface area contributed by atoms with Crippen LogP contribution in [-0.2, 0) is 0 Å². The van der Waals surface area contributed by atoms with E-state index in [0.29, 0.717) is 6.04 Å². The maximum Gasteiger partial charge on any atom is 0.0933 e. The molecule has 2 nitrogen and oxygen atoms in total. The Morgan fingerprint density at radius 3 is 2.64 bits per heavy atom. The predicted octanol–water partition coefficient (Wildman–Crippen LogP) is 2.78. The molecule has 0 spiro atoms. The average molecular weight is 329 g/mol. The first kappa shape index (κ1) is 9.51. The summed E-state index contributed by atoms with van der Waals surface area (Å²) < 4.78 is 1.88. The Balaban J connectivity index is 2.40. The number of hydrogen-bond acceptors (Lipinski definition) is 2. The molecule has 1 rings (SSSR count). The van der Waals surface area contributed by atoms with E-state index in [4.69, 9.17) is 5.41 Å². The normalized spacial score (nSPS) is 20.2. The lowest BCUT2D eigenvalue weighted by Crippen LogP contribution is -2.33. The molecule has 0 bridgehead atoms. The minimum atomic E-state index is 0.633. The molecule has 0 saturated heterocycles. The van der Waals surface area contributed by atoms with Crippen molar-refractivity contribution in [2.75, 3.05) is 0 Å². The molecule has 0 amide bonds. The molecule has 0 aromatic heterocycles. The van der Waals surface area contributed by atoms with Crippen LogP contribution in [0.2, 0.25) is 0 Å². The Morgan fingerprint density at radius 1 is 1.64 bits per heavy atom. The highest BCUT2D eigenvalue weighted by Crippen LogP contribution is 2.22. The molecule has 62 valence electrons. The van der Waals surface area contributed by atoms with Crippen LogP contribution in [0.4, 0.5) is 0 Å². The zero-order valence-corrected chi connectivity index (χ0v) is 9.78. The lowest BCUT2D eigenvalue weighted by Gasteiger charge is -2.27. The number of hydrogen-bond donors (Lipinski definition) is 2. The number of rotatable bonds is 3. The van der Waals surface area contributed by atoms with Gasteiger partial charge in [0.15, 0.2) is 0 Å². The van der Waals surface area contributed by atoms with E-state index in [0.717, 1.165) is 8.19 Å². The van der Waals surface area contributed by atoms with Gasteiger partial charge in [-0.3, -0.25) is 0 Å². The minimum Gasteiger partial charge on any atom is -0.376 e. The number of halogens is 2. The third-order valence-corrected chi connectivity index (χ3v) is 4.02. The summed E-state index contributed by atoms with van der Waals surface area (Å²) in [5.41, 5.74) is 0. The fourth-order valence-corrected chi connectivity index (χ4v) is 1.46. The highest BCUT2D eigenvalue weighted by molar-refractivity contribution is 14.1. The Hall–Kier alpha value is 0.420. The van der Waals surface area contributed by atoms with Crippen LogP contribution in [0, 0.1) is 5.41 Å². The summed E-state index contributed by atoms with van der Waals surface area (Å²) in [6, 6.07) is 0.633. The van der Waals surface area contributed by atoms with Gasteiger partial charge in [-0.25, -0.2) is 0 Å². The van der Waals surface area contributed by atoms with E-state index in [2.05, 4.69) is 43.8 Å². The van der Waals surface area contributed by atoms with Gasteiger partial charge in [0.2, 0.25) is 0 Å². The van der Waals surface area contributed by atoms with Crippen molar-refractivity contribution in [1.82, 2.24) is 5.32 Å². The molecule has 0 radical (unpaired) electrons. The smallest absolute Gasteiger partial charge is 0.0933 e. The highest BCUT2D eigenvalue weighted by Gasteiger charge is 2.17. The van der Waals surface area contributed by atoms with Crippen LogP contribution >= 0.6 is 38.5 Å². The van der Waals surface area contributed by atoms with E-state index in [1.165, 1.54) is 25.5 Å². The SMILES string of the molecule is N=C/C(I)=C(/Br)NC1CCC1. The quantitative estimate of drug-likeness (QED) is 0.466. The van der Waals surface area contributed by atoms with E-state index in [1.54, 1.807) is 0 Å². The van der Waals surface area contributed by atoms with Crippen LogP contribution in [0.15, 0.2) is 8.19 Å².